The molecule has 1 aromatic heterocycles. The number of rotatable bonds is 4. The second-order valence-corrected chi connectivity index (χ2v) is 7.53. The number of amides is 1. The van der Waals surface area contributed by atoms with E-state index in [9.17, 15) is 18.0 Å². The van der Waals surface area contributed by atoms with E-state index in [1.165, 1.54) is 29.7 Å². The minimum Gasteiger partial charge on any atom is -0.351 e. The largest absolute Gasteiger partial charge is 0.351 e. The highest BCUT2D eigenvalue weighted by molar-refractivity contribution is 7.89. The summed E-state index contributed by atoms with van der Waals surface area (Å²) < 4.78 is 23.8. The van der Waals surface area contributed by atoms with Crippen molar-refractivity contribution in [2.45, 2.75) is 12.2 Å². The maximum atomic E-state index is 12.1. The second kappa shape index (κ2) is 6.22. The van der Waals surface area contributed by atoms with E-state index >= 15 is 0 Å². The van der Waals surface area contributed by atoms with Crippen molar-refractivity contribution in [1.82, 2.24) is 14.9 Å². The van der Waals surface area contributed by atoms with Gasteiger partial charge in [-0.1, -0.05) is 0 Å². The molecule has 1 heterocycles. The van der Waals surface area contributed by atoms with Gasteiger partial charge in [0.15, 0.2) is 4.77 Å². The molecule has 0 radical (unpaired) electrons. The Morgan fingerprint density at radius 2 is 2.13 bits per heavy atom. The summed E-state index contributed by atoms with van der Waals surface area (Å²) in [5, 5.41) is 6.98. The molecule has 2 aromatic rings. The predicted molar refractivity (Wildman–Crippen MR) is 89.3 cm³/mol. The maximum absolute atomic E-state index is 12.1. The molecule has 0 unspecified atom stereocenters. The molecule has 23 heavy (non-hydrogen) atoms. The Morgan fingerprint density at radius 1 is 1.48 bits per heavy atom. The fourth-order valence-electron chi connectivity index (χ4n) is 1.90. The van der Waals surface area contributed by atoms with E-state index in [1.54, 1.807) is 7.05 Å². The van der Waals surface area contributed by atoms with Gasteiger partial charge in [0.25, 0.3) is 11.5 Å². The van der Waals surface area contributed by atoms with Crippen LogP contribution in [0.5, 0.6) is 0 Å². The SMILES string of the molecule is C[C@@H](CNC(=O)c1ccc2c(=O)n(C)c(=S)[nH]c2c1)S(N)(=O)=O. The number of hydrogen-bond donors (Lipinski definition) is 3. The molecule has 4 N–H and O–H groups in total. The van der Waals surface area contributed by atoms with E-state index in [2.05, 4.69) is 10.3 Å². The van der Waals surface area contributed by atoms with E-state index < -0.39 is 21.2 Å². The van der Waals surface area contributed by atoms with Gasteiger partial charge in [0.05, 0.1) is 16.2 Å². The minimum atomic E-state index is -3.71. The van der Waals surface area contributed by atoms with E-state index in [0.717, 1.165) is 0 Å². The van der Waals surface area contributed by atoms with E-state index in [-0.39, 0.29) is 22.4 Å². The number of aromatic amines is 1. The Kier molecular flexibility index (Phi) is 4.68. The summed E-state index contributed by atoms with van der Waals surface area (Å²) >= 11 is 5.03. The van der Waals surface area contributed by atoms with Crippen molar-refractivity contribution in [3.8, 4) is 0 Å². The van der Waals surface area contributed by atoms with E-state index in [1.807, 2.05) is 0 Å². The number of sulfonamides is 1. The highest BCUT2D eigenvalue weighted by atomic mass is 32.2. The third-order valence-electron chi connectivity index (χ3n) is 3.47. The Bertz CT molecular complexity index is 991. The number of fused-ring (bicyclic) bond motifs is 1. The topological polar surface area (TPSA) is 127 Å². The van der Waals surface area contributed by atoms with Crippen molar-refractivity contribution < 1.29 is 13.2 Å². The third-order valence-corrected chi connectivity index (χ3v) is 5.14. The van der Waals surface area contributed by atoms with Gasteiger partial charge < -0.3 is 10.3 Å². The lowest BCUT2D eigenvalue weighted by molar-refractivity contribution is 0.0954. The quantitative estimate of drug-likeness (QED) is 0.665. The molecule has 0 saturated carbocycles. The van der Waals surface area contributed by atoms with Gasteiger partial charge in [0, 0.05) is 19.2 Å². The number of carbonyl (C=O) groups excluding carboxylic acids is 1. The van der Waals surface area contributed by atoms with Crippen molar-refractivity contribution in [2.24, 2.45) is 12.2 Å². The molecule has 0 fully saturated rings. The molecule has 10 heteroatoms. The van der Waals surface area contributed by atoms with Crippen molar-refractivity contribution in [3.63, 3.8) is 0 Å². The maximum Gasteiger partial charge on any atom is 0.261 e. The molecule has 1 aromatic carbocycles. The molecule has 0 aliphatic carbocycles. The number of primary sulfonamides is 1. The summed E-state index contributed by atoms with van der Waals surface area (Å²) in [6, 6.07) is 4.49. The average Bonchev–Trinajstić information content (AvgIpc) is 2.48. The molecule has 1 amide bonds. The molecule has 1 atom stereocenters. The van der Waals surface area contributed by atoms with Crippen LogP contribution in [-0.4, -0.2) is 35.7 Å². The minimum absolute atomic E-state index is 0.109. The molecular formula is C13H16N4O4S2. The Hall–Kier alpha value is -2.04. The normalized spacial score (nSPS) is 13.0. The van der Waals surface area contributed by atoms with Crippen LogP contribution in [0.15, 0.2) is 23.0 Å². The van der Waals surface area contributed by atoms with Crippen LogP contribution in [0.2, 0.25) is 0 Å². The van der Waals surface area contributed by atoms with Crippen molar-refractivity contribution in [3.05, 3.63) is 38.9 Å². The second-order valence-electron chi connectivity index (χ2n) is 5.16. The van der Waals surface area contributed by atoms with Crippen LogP contribution in [0, 0.1) is 4.77 Å². The van der Waals surface area contributed by atoms with Gasteiger partial charge >= 0.3 is 0 Å². The van der Waals surface area contributed by atoms with Gasteiger partial charge in [-0.15, -0.1) is 0 Å². The molecule has 2 rings (SSSR count). The lowest BCUT2D eigenvalue weighted by Gasteiger charge is -2.11. The highest BCUT2D eigenvalue weighted by Crippen LogP contribution is 2.10. The monoisotopic (exact) mass is 356 g/mol. The molecule has 0 spiro atoms. The zero-order valence-electron chi connectivity index (χ0n) is 12.5. The zero-order valence-corrected chi connectivity index (χ0v) is 14.1. The van der Waals surface area contributed by atoms with Gasteiger partial charge in [0.2, 0.25) is 10.0 Å². The number of H-pyrrole nitrogens is 1. The smallest absolute Gasteiger partial charge is 0.261 e. The number of nitrogens with zero attached hydrogens (tertiary/aromatic N) is 1. The summed E-state index contributed by atoms with van der Waals surface area (Å²) in [6.45, 7) is 1.29. The standard InChI is InChI=1S/C13H16N4O4S2/c1-7(23(14,20)21)6-15-11(18)8-3-4-9-10(5-8)16-13(22)17(2)12(9)19/h3-5,7H,6H2,1-2H3,(H,15,18)(H,16,22)(H2,14,20,21)/t7-/m0/s1. The fourth-order valence-corrected chi connectivity index (χ4v) is 2.41. The molecular weight excluding hydrogens is 340 g/mol. The summed E-state index contributed by atoms with van der Waals surface area (Å²) in [7, 11) is -2.16. The van der Waals surface area contributed by atoms with Crippen molar-refractivity contribution in [2.75, 3.05) is 6.54 Å². The number of hydrogen-bond acceptors (Lipinski definition) is 5. The average molecular weight is 356 g/mol. The molecule has 0 aliphatic heterocycles. The Labute approximate surface area is 137 Å². The van der Waals surface area contributed by atoms with Gasteiger partial charge in [-0.3, -0.25) is 14.2 Å². The first-order valence-corrected chi connectivity index (χ1v) is 8.66. The van der Waals surface area contributed by atoms with Gasteiger partial charge in [-0.25, -0.2) is 13.6 Å². The van der Waals surface area contributed by atoms with Crippen LogP contribution in [0.1, 0.15) is 17.3 Å². The number of benzene rings is 1. The van der Waals surface area contributed by atoms with Gasteiger partial charge in [-0.05, 0) is 37.3 Å². The molecule has 0 bridgehead atoms. The third kappa shape index (κ3) is 3.66. The predicted octanol–water partition coefficient (Wildman–Crippen LogP) is 0.00289. The van der Waals surface area contributed by atoms with Crippen LogP contribution in [0.4, 0.5) is 0 Å². The van der Waals surface area contributed by atoms with Crippen LogP contribution < -0.4 is 16.0 Å². The number of aromatic nitrogens is 2. The Balaban J connectivity index is 2.31. The molecule has 0 saturated heterocycles. The van der Waals surface area contributed by atoms with E-state index in [4.69, 9.17) is 17.4 Å². The first-order valence-electron chi connectivity index (χ1n) is 6.64. The van der Waals surface area contributed by atoms with Crippen molar-refractivity contribution >= 4 is 39.1 Å². The zero-order chi connectivity index (χ0) is 17.4. The molecule has 124 valence electrons. The van der Waals surface area contributed by atoms with Crippen LogP contribution >= 0.6 is 12.2 Å². The first kappa shape index (κ1) is 17.3. The molecule has 0 aliphatic rings. The van der Waals surface area contributed by atoms with Gasteiger partial charge in [-0.2, -0.15) is 0 Å². The molecule has 8 nitrogen and oxygen atoms in total. The van der Waals surface area contributed by atoms with Crippen LogP contribution in [0.25, 0.3) is 10.9 Å². The van der Waals surface area contributed by atoms with E-state index in [0.29, 0.717) is 10.9 Å². The number of nitrogens with one attached hydrogen (secondary N) is 2. The number of nitrogens with two attached hydrogens (primary N) is 1. The summed E-state index contributed by atoms with van der Waals surface area (Å²) in [5.41, 5.74) is 0.446. The lowest BCUT2D eigenvalue weighted by Crippen LogP contribution is -2.38. The van der Waals surface area contributed by atoms with Crippen molar-refractivity contribution in [1.29, 1.82) is 0 Å². The first-order chi connectivity index (χ1) is 10.6. The Morgan fingerprint density at radius 3 is 2.74 bits per heavy atom. The summed E-state index contributed by atoms with van der Waals surface area (Å²) in [6.07, 6.45) is 0. The lowest BCUT2D eigenvalue weighted by atomic mass is 10.1. The van der Waals surface area contributed by atoms with Crippen LogP contribution in [0.3, 0.4) is 0 Å². The summed E-state index contributed by atoms with van der Waals surface area (Å²) in [4.78, 5) is 27.0. The summed E-state index contributed by atoms with van der Waals surface area (Å²) in [5.74, 6) is -0.470. The number of carbonyl (C=O) groups is 1. The highest BCUT2D eigenvalue weighted by Gasteiger charge is 2.17. The van der Waals surface area contributed by atoms with Gasteiger partial charge in [0.1, 0.15) is 0 Å². The van der Waals surface area contributed by atoms with Crippen LogP contribution in [-0.2, 0) is 17.1 Å². The fraction of sp³-hybridized carbons (Fsp3) is 0.308.